The van der Waals surface area contributed by atoms with E-state index in [0.717, 1.165) is 5.56 Å². The van der Waals surface area contributed by atoms with E-state index in [1.54, 1.807) is 12.1 Å². The van der Waals surface area contributed by atoms with Crippen LogP contribution in [0.5, 0.6) is 0 Å². The molecule has 2 aromatic carbocycles. The van der Waals surface area contributed by atoms with Gasteiger partial charge in [0.25, 0.3) is 0 Å². The van der Waals surface area contributed by atoms with Crippen molar-refractivity contribution in [3.05, 3.63) is 75.9 Å². The molecule has 14 heteroatoms. The predicted molar refractivity (Wildman–Crippen MR) is 140 cm³/mol. The summed E-state index contributed by atoms with van der Waals surface area (Å²) in [6.07, 6.45) is -4.30. The molecule has 9 nitrogen and oxygen atoms in total. The summed E-state index contributed by atoms with van der Waals surface area (Å²) in [7, 11) is 0. The third-order valence-corrected chi connectivity index (χ3v) is 6.02. The number of unbranched alkanes of at least 4 members (excludes halogenated alkanes) is 1. The second-order valence-electron chi connectivity index (χ2n) is 8.23. The molecule has 1 unspecified atom stereocenters. The van der Waals surface area contributed by atoms with E-state index in [-0.39, 0.29) is 42.0 Å². The fraction of sp³-hybridized carbons (Fsp3) is 0.280. The quantitative estimate of drug-likeness (QED) is 0.177. The summed E-state index contributed by atoms with van der Waals surface area (Å²) >= 11 is 11.8. The number of halogens is 5. The molecule has 4 N–H and O–H groups in total. The standard InChI is InChI=1S/C25H24Cl2F3N5O4/c26-18-10-9-16(12-19(18)27)33-23-32-13-17(25(28,29)30)21(35-23)34-20(22(36)37)8-4-5-11-31-24(38)39-14-15-6-2-1-3-7-15/h1-3,6-7,9-10,12-13,20H,4-5,8,11,14H2,(H,31,38)(H,36,37)(H2,32,33,34,35). The lowest BCUT2D eigenvalue weighted by molar-refractivity contribution is -0.139. The molecule has 1 heterocycles. The molecular weight excluding hydrogens is 562 g/mol. The van der Waals surface area contributed by atoms with Crippen LogP contribution in [-0.2, 0) is 22.3 Å². The maximum Gasteiger partial charge on any atom is 0.421 e. The second kappa shape index (κ2) is 13.9. The number of ether oxygens (including phenoxy) is 1. The molecule has 0 aliphatic rings. The van der Waals surface area contributed by atoms with E-state index in [0.29, 0.717) is 18.3 Å². The lowest BCUT2D eigenvalue weighted by Gasteiger charge is -2.19. The van der Waals surface area contributed by atoms with E-state index >= 15 is 0 Å². The molecule has 3 rings (SSSR count). The first-order valence-corrected chi connectivity index (χ1v) is 12.4. The predicted octanol–water partition coefficient (Wildman–Crippen LogP) is 6.51. The van der Waals surface area contributed by atoms with Crippen LogP contribution in [0, 0.1) is 0 Å². The maximum atomic E-state index is 13.6. The molecule has 0 radical (unpaired) electrons. The summed E-state index contributed by atoms with van der Waals surface area (Å²) in [6, 6.07) is 12.1. The highest BCUT2D eigenvalue weighted by atomic mass is 35.5. The van der Waals surface area contributed by atoms with Gasteiger partial charge in [-0.15, -0.1) is 0 Å². The number of hydrogen-bond acceptors (Lipinski definition) is 7. The minimum atomic E-state index is -4.84. The van der Waals surface area contributed by atoms with Crippen molar-refractivity contribution >= 4 is 52.7 Å². The average molecular weight is 586 g/mol. The van der Waals surface area contributed by atoms with Gasteiger partial charge in [0.2, 0.25) is 5.95 Å². The fourth-order valence-electron chi connectivity index (χ4n) is 3.32. The van der Waals surface area contributed by atoms with Crippen molar-refractivity contribution in [2.24, 2.45) is 0 Å². The number of carboxylic acid groups (broad SMARTS) is 1. The summed E-state index contributed by atoms with van der Waals surface area (Å²) in [5.41, 5.74) is -0.0442. The third-order valence-electron chi connectivity index (χ3n) is 5.28. The minimum Gasteiger partial charge on any atom is -0.480 e. The number of alkyl halides is 3. The summed E-state index contributed by atoms with van der Waals surface area (Å²) < 4.78 is 45.8. The van der Waals surface area contributed by atoms with E-state index in [1.165, 1.54) is 18.2 Å². The molecule has 1 amide bonds. The molecule has 0 fully saturated rings. The number of anilines is 3. The number of nitrogens with one attached hydrogen (secondary N) is 3. The molecule has 208 valence electrons. The smallest absolute Gasteiger partial charge is 0.421 e. The zero-order valence-electron chi connectivity index (χ0n) is 20.3. The molecule has 1 aromatic heterocycles. The van der Waals surface area contributed by atoms with E-state index in [1.807, 2.05) is 18.2 Å². The molecule has 0 bridgehead atoms. The molecule has 0 saturated heterocycles. The van der Waals surface area contributed by atoms with Crippen molar-refractivity contribution < 1.29 is 32.6 Å². The Bertz CT molecular complexity index is 1280. The van der Waals surface area contributed by atoms with E-state index in [9.17, 15) is 27.9 Å². The monoisotopic (exact) mass is 585 g/mol. The molecule has 0 aliphatic heterocycles. The van der Waals surface area contributed by atoms with Crippen molar-refractivity contribution in [2.45, 2.75) is 38.1 Å². The fourth-order valence-corrected chi connectivity index (χ4v) is 3.62. The zero-order valence-corrected chi connectivity index (χ0v) is 21.8. The van der Waals surface area contributed by atoms with Gasteiger partial charge in [-0.05, 0) is 43.0 Å². The minimum absolute atomic E-state index is 0.0348. The zero-order chi connectivity index (χ0) is 28.4. The van der Waals surface area contributed by atoms with Gasteiger partial charge in [0.1, 0.15) is 24.0 Å². The Morgan fingerprint density at radius 2 is 1.79 bits per heavy atom. The van der Waals surface area contributed by atoms with Crippen molar-refractivity contribution in [3.63, 3.8) is 0 Å². The number of carboxylic acids is 1. The average Bonchev–Trinajstić information content (AvgIpc) is 2.88. The number of carbonyl (C=O) groups excluding carboxylic acids is 1. The van der Waals surface area contributed by atoms with Gasteiger partial charge in [0.05, 0.1) is 10.0 Å². The Balaban J connectivity index is 1.57. The summed E-state index contributed by atoms with van der Waals surface area (Å²) in [6.45, 7) is 0.291. The largest absolute Gasteiger partial charge is 0.480 e. The van der Waals surface area contributed by atoms with Crippen molar-refractivity contribution in [1.29, 1.82) is 0 Å². The maximum absolute atomic E-state index is 13.6. The first kappa shape index (κ1) is 29.8. The molecule has 39 heavy (non-hydrogen) atoms. The highest BCUT2D eigenvalue weighted by molar-refractivity contribution is 6.42. The number of aliphatic carboxylic acids is 1. The van der Waals surface area contributed by atoms with Crippen LogP contribution in [0.25, 0.3) is 0 Å². The first-order valence-electron chi connectivity index (χ1n) is 11.6. The van der Waals surface area contributed by atoms with E-state index in [2.05, 4.69) is 25.9 Å². The number of nitrogens with zero attached hydrogens (tertiary/aromatic N) is 2. The SMILES string of the molecule is O=C(NCCCCC(Nc1nc(Nc2ccc(Cl)c(Cl)c2)ncc1C(F)(F)F)C(=O)O)OCc1ccccc1. The Morgan fingerprint density at radius 1 is 1.05 bits per heavy atom. The lowest BCUT2D eigenvalue weighted by atomic mass is 10.1. The second-order valence-corrected chi connectivity index (χ2v) is 9.04. The Kier molecular flexibility index (Phi) is 10.6. The van der Waals surface area contributed by atoms with E-state index in [4.69, 9.17) is 27.9 Å². The summed E-state index contributed by atoms with van der Waals surface area (Å²) in [5, 5.41) is 17.7. The molecule has 1 atom stereocenters. The van der Waals surface area contributed by atoms with Crippen LogP contribution in [-0.4, -0.2) is 39.7 Å². The molecule has 0 saturated carbocycles. The van der Waals surface area contributed by atoms with Crippen LogP contribution >= 0.6 is 23.2 Å². The highest BCUT2D eigenvalue weighted by Gasteiger charge is 2.36. The van der Waals surface area contributed by atoms with Crippen molar-refractivity contribution in [3.8, 4) is 0 Å². The first-order chi connectivity index (χ1) is 18.5. The van der Waals surface area contributed by atoms with Crippen molar-refractivity contribution in [2.75, 3.05) is 17.2 Å². The van der Waals surface area contributed by atoms with Gasteiger partial charge in [-0.3, -0.25) is 0 Å². The molecule has 0 spiro atoms. The Labute approximate surface area is 231 Å². The Morgan fingerprint density at radius 3 is 2.46 bits per heavy atom. The van der Waals surface area contributed by atoms with Crippen LogP contribution < -0.4 is 16.0 Å². The summed E-state index contributed by atoms with van der Waals surface area (Å²) in [4.78, 5) is 31.1. The highest BCUT2D eigenvalue weighted by Crippen LogP contribution is 2.35. The molecule has 3 aromatic rings. The van der Waals surface area contributed by atoms with Crippen LogP contribution in [0.15, 0.2) is 54.7 Å². The topological polar surface area (TPSA) is 125 Å². The van der Waals surface area contributed by atoms with Crippen LogP contribution in [0.1, 0.15) is 30.4 Å². The number of hydrogen-bond donors (Lipinski definition) is 4. The van der Waals surface area contributed by atoms with Gasteiger partial charge < -0.3 is 25.8 Å². The third kappa shape index (κ3) is 9.48. The van der Waals surface area contributed by atoms with Crippen LogP contribution in [0.3, 0.4) is 0 Å². The van der Waals surface area contributed by atoms with Gasteiger partial charge in [-0.25, -0.2) is 14.6 Å². The lowest BCUT2D eigenvalue weighted by Crippen LogP contribution is -2.31. The van der Waals surface area contributed by atoms with Gasteiger partial charge in [-0.2, -0.15) is 18.2 Å². The van der Waals surface area contributed by atoms with Gasteiger partial charge in [0.15, 0.2) is 0 Å². The Hall–Kier alpha value is -3.77. The van der Waals surface area contributed by atoms with Gasteiger partial charge in [-0.1, -0.05) is 53.5 Å². The van der Waals surface area contributed by atoms with Crippen LogP contribution in [0.4, 0.5) is 35.4 Å². The summed E-state index contributed by atoms with van der Waals surface area (Å²) in [5.74, 6) is -2.28. The number of alkyl carbamates (subject to hydrolysis) is 1. The van der Waals surface area contributed by atoms with Crippen molar-refractivity contribution in [1.82, 2.24) is 15.3 Å². The number of benzene rings is 2. The normalized spacial score (nSPS) is 11.9. The van der Waals surface area contributed by atoms with Gasteiger partial charge in [0, 0.05) is 18.4 Å². The molecular formula is C25H24Cl2F3N5O4. The van der Waals surface area contributed by atoms with Gasteiger partial charge >= 0.3 is 18.2 Å². The number of rotatable bonds is 12. The number of amides is 1. The number of carbonyl (C=O) groups is 2. The van der Waals surface area contributed by atoms with Crippen LogP contribution in [0.2, 0.25) is 10.0 Å². The van der Waals surface area contributed by atoms with E-state index < -0.39 is 35.7 Å². The molecule has 0 aliphatic carbocycles. The number of aromatic nitrogens is 2.